The number of aliphatic hydroxyl groups is 1. The molecular formula is C12H24O2. The van der Waals surface area contributed by atoms with Gasteiger partial charge in [0.15, 0.2) is 0 Å². The van der Waals surface area contributed by atoms with E-state index in [1.165, 1.54) is 0 Å². The van der Waals surface area contributed by atoms with E-state index in [9.17, 15) is 5.11 Å². The van der Waals surface area contributed by atoms with Gasteiger partial charge in [0.2, 0.25) is 0 Å². The Morgan fingerprint density at radius 1 is 1.36 bits per heavy atom. The van der Waals surface area contributed by atoms with E-state index >= 15 is 0 Å². The SMILES string of the molecule is CC(C)CC(C)(O)CC1CCOCC1. The molecule has 0 amide bonds. The van der Waals surface area contributed by atoms with Crippen molar-refractivity contribution in [2.75, 3.05) is 13.2 Å². The van der Waals surface area contributed by atoms with Crippen LogP contribution in [0.25, 0.3) is 0 Å². The third-order valence-electron chi connectivity index (χ3n) is 2.92. The summed E-state index contributed by atoms with van der Waals surface area (Å²) in [6.07, 6.45) is 4.08. The summed E-state index contributed by atoms with van der Waals surface area (Å²) < 4.78 is 5.31. The van der Waals surface area contributed by atoms with Gasteiger partial charge in [-0.1, -0.05) is 13.8 Å². The maximum absolute atomic E-state index is 10.2. The molecule has 2 nitrogen and oxygen atoms in total. The van der Waals surface area contributed by atoms with Crippen molar-refractivity contribution in [2.45, 2.75) is 52.1 Å². The molecule has 1 N–H and O–H groups in total. The van der Waals surface area contributed by atoms with Gasteiger partial charge < -0.3 is 9.84 Å². The zero-order valence-corrected chi connectivity index (χ0v) is 9.75. The van der Waals surface area contributed by atoms with Crippen LogP contribution >= 0.6 is 0 Å². The molecule has 1 saturated heterocycles. The quantitative estimate of drug-likeness (QED) is 0.756. The lowest BCUT2D eigenvalue weighted by atomic mass is 9.82. The van der Waals surface area contributed by atoms with Gasteiger partial charge >= 0.3 is 0 Å². The van der Waals surface area contributed by atoms with Gasteiger partial charge in [0.1, 0.15) is 0 Å². The van der Waals surface area contributed by atoms with Gasteiger partial charge in [0.05, 0.1) is 5.60 Å². The Hall–Kier alpha value is -0.0800. The molecule has 1 atom stereocenters. The number of rotatable bonds is 4. The second kappa shape index (κ2) is 5.13. The van der Waals surface area contributed by atoms with E-state index < -0.39 is 5.60 Å². The van der Waals surface area contributed by atoms with Crippen molar-refractivity contribution >= 4 is 0 Å². The summed E-state index contributed by atoms with van der Waals surface area (Å²) in [5.41, 5.74) is -0.476. The third-order valence-corrected chi connectivity index (χ3v) is 2.92. The molecule has 0 aromatic rings. The average Bonchev–Trinajstić information content (AvgIpc) is 2.02. The van der Waals surface area contributed by atoms with Crippen LogP contribution in [0.2, 0.25) is 0 Å². The minimum atomic E-state index is -0.476. The van der Waals surface area contributed by atoms with Gasteiger partial charge in [0, 0.05) is 13.2 Å². The number of hydrogen-bond donors (Lipinski definition) is 1. The van der Waals surface area contributed by atoms with E-state index in [0.717, 1.165) is 38.9 Å². The molecule has 2 heteroatoms. The highest BCUT2D eigenvalue weighted by molar-refractivity contribution is 4.79. The first-order chi connectivity index (χ1) is 6.49. The van der Waals surface area contributed by atoms with E-state index in [-0.39, 0.29) is 0 Å². The van der Waals surface area contributed by atoms with Gasteiger partial charge in [-0.2, -0.15) is 0 Å². The summed E-state index contributed by atoms with van der Waals surface area (Å²) in [4.78, 5) is 0. The first-order valence-electron chi connectivity index (χ1n) is 5.80. The second-order valence-corrected chi connectivity index (χ2v) is 5.35. The smallest absolute Gasteiger partial charge is 0.0624 e. The van der Waals surface area contributed by atoms with Crippen molar-refractivity contribution in [1.82, 2.24) is 0 Å². The molecule has 0 saturated carbocycles. The molecule has 0 aromatic carbocycles. The van der Waals surface area contributed by atoms with Gasteiger partial charge in [-0.3, -0.25) is 0 Å². The van der Waals surface area contributed by atoms with E-state index in [2.05, 4.69) is 13.8 Å². The number of ether oxygens (including phenoxy) is 1. The van der Waals surface area contributed by atoms with Crippen molar-refractivity contribution in [2.24, 2.45) is 11.8 Å². The molecular weight excluding hydrogens is 176 g/mol. The Bertz CT molecular complexity index is 158. The topological polar surface area (TPSA) is 29.5 Å². The molecule has 0 spiro atoms. The maximum Gasteiger partial charge on any atom is 0.0624 e. The van der Waals surface area contributed by atoms with E-state index in [4.69, 9.17) is 4.74 Å². The third kappa shape index (κ3) is 4.43. The first kappa shape index (κ1) is 12.0. The molecule has 84 valence electrons. The normalized spacial score (nSPS) is 23.8. The highest BCUT2D eigenvalue weighted by atomic mass is 16.5. The fourth-order valence-electron chi connectivity index (χ4n) is 2.54. The molecule has 1 aliphatic rings. The van der Waals surface area contributed by atoms with Crippen LogP contribution in [-0.2, 0) is 4.74 Å². The van der Waals surface area contributed by atoms with Crippen LogP contribution < -0.4 is 0 Å². The highest BCUT2D eigenvalue weighted by Gasteiger charge is 2.27. The molecule has 0 aromatic heterocycles. The van der Waals surface area contributed by atoms with Crippen molar-refractivity contribution in [1.29, 1.82) is 0 Å². The fraction of sp³-hybridized carbons (Fsp3) is 1.00. The summed E-state index contributed by atoms with van der Waals surface area (Å²) in [6.45, 7) is 8.06. The van der Waals surface area contributed by atoms with E-state index in [1.807, 2.05) is 6.92 Å². The number of hydrogen-bond acceptors (Lipinski definition) is 2. The lowest BCUT2D eigenvalue weighted by Gasteiger charge is -2.31. The summed E-state index contributed by atoms with van der Waals surface area (Å²) in [6, 6.07) is 0. The maximum atomic E-state index is 10.2. The summed E-state index contributed by atoms with van der Waals surface area (Å²) in [5, 5.41) is 10.2. The van der Waals surface area contributed by atoms with Crippen molar-refractivity contribution in [3.8, 4) is 0 Å². The molecule has 1 aliphatic heterocycles. The fourth-order valence-corrected chi connectivity index (χ4v) is 2.54. The zero-order chi connectivity index (χ0) is 10.6. The predicted octanol–water partition coefficient (Wildman–Crippen LogP) is 2.60. The minimum absolute atomic E-state index is 0.476. The van der Waals surface area contributed by atoms with Crippen LogP contribution in [0.15, 0.2) is 0 Å². The standard InChI is InChI=1S/C12H24O2/c1-10(2)8-12(3,13)9-11-4-6-14-7-5-11/h10-11,13H,4-9H2,1-3H3. The Kier molecular flexibility index (Phi) is 4.39. The molecule has 1 unspecified atom stereocenters. The van der Waals surface area contributed by atoms with Crippen LogP contribution in [0.1, 0.15) is 46.5 Å². The Morgan fingerprint density at radius 3 is 2.43 bits per heavy atom. The average molecular weight is 200 g/mol. The molecule has 0 bridgehead atoms. The van der Waals surface area contributed by atoms with Gasteiger partial charge in [-0.05, 0) is 44.4 Å². The van der Waals surface area contributed by atoms with Gasteiger partial charge in [-0.25, -0.2) is 0 Å². The van der Waals surface area contributed by atoms with Crippen LogP contribution in [0.3, 0.4) is 0 Å². The van der Waals surface area contributed by atoms with Crippen molar-refractivity contribution < 1.29 is 9.84 Å². The van der Waals surface area contributed by atoms with Crippen LogP contribution in [0.5, 0.6) is 0 Å². The molecule has 14 heavy (non-hydrogen) atoms. The van der Waals surface area contributed by atoms with Gasteiger partial charge in [-0.15, -0.1) is 0 Å². The van der Waals surface area contributed by atoms with Crippen molar-refractivity contribution in [3.05, 3.63) is 0 Å². The molecule has 1 rings (SSSR count). The zero-order valence-electron chi connectivity index (χ0n) is 9.75. The second-order valence-electron chi connectivity index (χ2n) is 5.35. The lowest BCUT2D eigenvalue weighted by Crippen LogP contribution is -2.31. The van der Waals surface area contributed by atoms with Crippen molar-refractivity contribution in [3.63, 3.8) is 0 Å². The Balaban J connectivity index is 2.32. The molecule has 1 fully saturated rings. The molecule has 0 radical (unpaired) electrons. The summed E-state index contributed by atoms with van der Waals surface area (Å²) >= 11 is 0. The Labute approximate surface area is 87.7 Å². The predicted molar refractivity (Wildman–Crippen MR) is 58.2 cm³/mol. The van der Waals surface area contributed by atoms with Crippen LogP contribution in [0, 0.1) is 11.8 Å². The van der Waals surface area contributed by atoms with E-state index in [0.29, 0.717) is 11.8 Å². The lowest BCUT2D eigenvalue weighted by molar-refractivity contribution is -0.0120. The molecule has 0 aliphatic carbocycles. The van der Waals surface area contributed by atoms with Crippen LogP contribution in [-0.4, -0.2) is 23.9 Å². The van der Waals surface area contributed by atoms with E-state index in [1.54, 1.807) is 0 Å². The summed E-state index contributed by atoms with van der Waals surface area (Å²) in [5.74, 6) is 1.24. The Morgan fingerprint density at radius 2 is 1.93 bits per heavy atom. The monoisotopic (exact) mass is 200 g/mol. The first-order valence-corrected chi connectivity index (χ1v) is 5.80. The molecule has 1 heterocycles. The largest absolute Gasteiger partial charge is 0.390 e. The summed E-state index contributed by atoms with van der Waals surface area (Å²) in [7, 11) is 0. The minimum Gasteiger partial charge on any atom is -0.390 e. The van der Waals surface area contributed by atoms with Gasteiger partial charge in [0.25, 0.3) is 0 Å². The highest BCUT2D eigenvalue weighted by Crippen LogP contribution is 2.29. The van der Waals surface area contributed by atoms with Crippen LogP contribution in [0.4, 0.5) is 0 Å².